The van der Waals surface area contributed by atoms with Crippen molar-refractivity contribution in [2.75, 3.05) is 18.9 Å². The van der Waals surface area contributed by atoms with E-state index in [2.05, 4.69) is 15.0 Å². The van der Waals surface area contributed by atoms with Crippen LogP contribution in [0.5, 0.6) is 0 Å². The number of hydrogen-bond donors (Lipinski definition) is 2. The first-order valence-electron chi connectivity index (χ1n) is 7.75. The maximum atomic E-state index is 9.61. The van der Waals surface area contributed by atoms with Crippen molar-refractivity contribution < 1.29 is 24.1 Å². The fraction of sp³-hybridized carbons (Fsp3) is 0.643. The molecule has 3 N–H and O–H groups in total. The third-order valence-electron chi connectivity index (χ3n) is 4.23. The second kappa shape index (κ2) is 5.60. The number of imidazole rings is 1. The van der Waals surface area contributed by atoms with E-state index in [4.69, 9.17) is 24.7 Å². The minimum Gasteiger partial charge on any atom is -0.394 e. The van der Waals surface area contributed by atoms with Gasteiger partial charge in [-0.25, -0.2) is 15.0 Å². The number of anilines is 1. The van der Waals surface area contributed by atoms with E-state index in [-0.39, 0.29) is 12.4 Å². The maximum Gasteiger partial charge on any atom is 0.280 e. The Morgan fingerprint density at radius 2 is 2.12 bits per heavy atom. The van der Waals surface area contributed by atoms with E-state index in [1.807, 2.05) is 6.92 Å². The Bertz CT molecular complexity index is 754. The number of ether oxygens (including phenoxy) is 4. The Kier molecular flexibility index (Phi) is 3.66. The summed E-state index contributed by atoms with van der Waals surface area (Å²) < 4.78 is 25.0. The molecular formula is C14H19N5O5. The van der Waals surface area contributed by atoms with Gasteiger partial charge in [-0.05, 0) is 6.92 Å². The molecule has 0 unspecified atom stereocenters. The van der Waals surface area contributed by atoms with E-state index in [1.54, 1.807) is 17.8 Å². The SMILES string of the molecule is CCO[C@@]1(C)O[C@@H]2[C@H](O1)[C@H](CO)O[C@@H]2n1cnc2c(N)ncnc21. The lowest BCUT2D eigenvalue weighted by Gasteiger charge is -2.26. The number of nitrogens with two attached hydrogens (primary N) is 1. The molecule has 2 saturated heterocycles. The molecule has 2 aliphatic heterocycles. The number of nitrogens with zero attached hydrogens (tertiary/aromatic N) is 4. The van der Waals surface area contributed by atoms with Crippen LogP contribution in [0.1, 0.15) is 20.1 Å². The maximum absolute atomic E-state index is 9.61. The van der Waals surface area contributed by atoms with Crippen molar-refractivity contribution >= 4 is 17.0 Å². The van der Waals surface area contributed by atoms with Crippen LogP contribution in [0.3, 0.4) is 0 Å². The summed E-state index contributed by atoms with van der Waals surface area (Å²) in [5.41, 5.74) is 6.84. The van der Waals surface area contributed by atoms with Gasteiger partial charge in [-0.15, -0.1) is 0 Å². The second-order valence-electron chi connectivity index (χ2n) is 5.79. The molecule has 0 amide bonds. The Balaban J connectivity index is 1.71. The number of rotatable bonds is 4. The summed E-state index contributed by atoms with van der Waals surface area (Å²) in [6.07, 6.45) is 0.868. The molecule has 2 aromatic rings. The third-order valence-corrected chi connectivity index (χ3v) is 4.23. The molecule has 130 valence electrons. The van der Waals surface area contributed by atoms with Crippen LogP contribution in [0.15, 0.2) is 12.7 Å². The lowest BCUT2D eigenvalue weighted by Crippen LogP contribution is -2.35. The molecule has 2 aromatic heterocycles. The van der Waals surface area contributed by atoms with Crippen LogP contribution in [0.25, 0.3) is 11.2 Å². The van der Waals surface area contributed by atoms with Gasteiger partial charge in [-0.2, -0.15) is 0 Å². The van der Waals surface area contributed by atoms with Crippen molar-refractivity contribution in [3.8, 4) is 0 Å². The fourth-order valence-electron chi connectivity index (χ4n) is 3.26. The van der Waals surface area contributed by atoms with E-state index >= 15 is 0 Å². The van der Waals surface area contributed by atoms with E-state index in [0.717, 1.165) is 0 Å². The van der Waals surface area contributed by atoms with Crippen molar-refractivity contribution in [1.82, 2.24) is 19.5 Å². The van der Waals surface area contributed by atoms with Crippen molar-refractivity contribution in [2.45, 2.75) is 44.4 Å². The molecule has 10 heteroatoms. The standard InChI is InChI=1S/C14H19N5O5/c1-3-21-14(2)23-9-7(4-20)22-13(10(9)24-14)19-6-18-8-11(15)16-5-17-12(8)19/h5-7,9-10,13,20H,3-4H2,1-2H3,(H2,15,16,17)/t7-,9+,10+,13-,14+/m0/s1. The summed E-state index contributed by atoms with van der Waals surface area (Å²) in [5.74, 6) is -0.890. The second-order valence-corrected chi connectivity index (χ2v) is 5.79. The zero-order valence-electron chi connectivity index (χ0n) is 13.3. The van der Waals surface area contributed by atoms with Crippen molar-refractivity contribution in [2.24, 2.45) is 0 Å². The number of nitrogen functional groups attached to an aromatic ring is 1. The fourth-order valence-corrected chi connectivity index (χ4v) is 3.26. The molecule has 0 radical (unpaired) electrons. The smallest absolute Gasteiger partial charge is 0.280 e. The first kappa shape index (κ1) is 15.7. The van der Waals surface area contributed by atoms with Crippen LogP contribution in [-0.2, 0) is 18.9 Å². The van der Waals surface area contributed by atoms with Gasteiger partial charge in [0, 0.05) is 13.5 Å². The van der Waals surface area contributed by atoms with Gasteiger partial charge >= 0.3 is 0 Å². The first-order chi connectivity index (χ1) is 11.6. The zero-order chi connectivity index (χ0) is 16.9. The van der Waals surface area contributed by atoms with E-state index in [0.29, 0.717) is 17.8 Å². The van der Waals surface area contributed by atoms with Crippen LogP contribution in [0, 0.1) is 0 Å². The van der Waals surface area contributed by atoms with Crippen LogP contribution >= 0.6 is 0 Å². The first-order valence-corrected chi connectivity index (χ1v) is 7.75. The summed E-state index contributed by atoms with van der Waals surface area (Å²) in [6, 6.07) is 0. The average Bonchev–Trinajstić information content (AvgIpc) is 3.19. The Hall–Kier alpha value is -1.85. The minimum atomic E-state index is -1.18. The van der Waals surface area contributed by atoms with Gasteiger partial charge in [0.05, 0.1) is 12.9 Å². The summed E-state index contributed by atoms with van der Waals surface area (Å²) in [5, 5.41) is 9.61. The summed E-state index contributed by atoms with van der Waals surface area (Å²) in [6.45, 7) is 3.79. The number of aromatic nitrogens is 4. The molecule has 5 atom stereocenters. The average molecular weight is 337 g/mol. The molecule has 4 rings (SSSR count). The summed E-state index contributed by atoms with van der Waals surface area (Å²) >= 11 is 0. The molecule has 0 spiro atoms. The lowest BCUT2D eigenvalue weighted by molar-refractivity contribution is -0.344. The van der Waals surface area contributed by atoms with E-state index in [1.165, 1.54) is 6.33 Å². The highest BCUT2D eigenvalue weighted by molar-refractivity contribution is 5.81. The largest absolute Gasteiger partial charge is 0.394 e. The van der Waals surface area contributed by atoms with Crippen LogP contribution in [0.4, 0.5) is 5.82 Å². The van der Waals surface area contributed by atoms with Gasteiger partial charge in [0.1, 0.15) is 30.2 Å². The lowest BCUT2D eigenvalue weighted by atomic mass is 10.1. The Labute approximate surface area is 137 Å². The highest BCUT2D eigenvalue weighted by Crippen LogP contribution is 2.44. The van der Waals surface area contributed by atoms with Crippen molar-refractivity contribution in [3.05, 3.63) is 12.7 Å². The zero-order valence-corrected chi connectivity index (χ0v) is 13.3. The van der Waals surface area contributed by atoms with Crippen molar-refractivity contribution in [1.29, 1.82) is 0 Å². The molecule has 0 bridgehead atoms. The highest BCUT2D eigenvalue weighted by atomic mass is 16.9. The topological polar surface area (TPSA) is 127 Å². The van der Waals surface area contributed by atoms with Gasteiger partial charge in [0.25, 0.3) is 5.97 Å². The van der Waals surface area contributed by atoms with E-state index < -0.39 is 30.5 Å². The number of hydrogen-bond acceptors (Lipinski definition) is 9. The quantitative estimate of drug-likeness (QED) is 0.779. The van der Waals surface area contributed by atoms with Crippen LogP contribution in [0.2, 0.25) is 0 Å². The number of aliphatic hydroxyl groups is 1. The molecule has 10 nitrogen and oxygen atoms in total. The van der Waals surface area contributed by atoms with E-state index in [9.17, 15) is 5.11 Å². The molecule has 0 saturated carbocycles. The molecular weight excluding hydrogens is 318 g/mol. The molecule has 24 heavy (non-hydrogen) atoms. The van der Waals surface area contributed by atoms with Gasteiger partial charge in [0.2, 0.25) is 0 Å². The molecule has 0 aromatic carbocycles. The molecule has 0 aliphatic carbocycles. The summed E-state index contributed by atoms with van der Waals surface area (Å²) in [7, 11) is 0. The minimum absolute atomic E-state index is 0.201. The van der Waals surface area contributed by atoms with Gasteiger partial charge in [-0.3, -0.25) is 4.57 Å². The van der Waals surface area contributed by atoms with Gasteiger partial charge in [-0.1, -0.05) is 0 Å². The van der Waals surface area contributed by atoms with Crippen LogP contribution < -0.4 is 5.73 Å². The van der Waals surface area contributed by atoms with Gasteiger partial charge < -0.3 is 29.8 Å². The predicted octanol–water partition coefficient (Wildman–Crippen LogP) is -0.208. The Morgan fingerprint density at radius 1 is 1.33 bits per heavy atom. The predicted molar refractivity (Wildman–Crippen MR) is 80.5 cm³/mol. The van der Waals surface area contributed by atoms with Crippen molar-refractivity contribution in [3.63, 3.8) is 0 Å². The molecule has 2 aliphatic rings. The monoisotopic (exact) mass is 337 g/mol. The number of fused-ring (bicyclic) bond motifs is 2. The van der Waals surface area contributed by atoms with Crippen LogP contribution in [-0.4, -0.2) is 62.1 Å². The molecule has 4 heterocycles. The molecule has 2 fully saturated rings. The number of aliphatic hydroxyl groups excluding tert-OH is 1. The normalized spacial score (nSPS) is 35.6. The summed E-state index contributed by atoms with van der Waals surface area (Å²) in [4.78, 5) is 12.4. The van der Waals surface area contributed by atoms with Gasteiger partial charge in [0.15, 0.2) is 17.7 Å². The third kappa shape index (κ3) is 2.26. The Morgan fingerprint density at radius 3 is 2.88 bits per heavy atom. The highest BCUT2D eigenvalue weighted by Gasteiger charge is 2.58.